The van der Waals surface area contributed by atoms with Gasteiger partial charge in [0, 0.05) is 19.8 Å². The van der Waals surface area contributed by atoms with Gasteiger partial charge in [0.25, 0.3) is 0 Å². The molecule has 0 saturated carbocycles. The summed E-state index contributed by atoms with van der Waals surface area (Å²) in [5, 5.41) is 17.5. The van der Waals surface area contributed by atoms with E-state index < -0.39 is 5.97 Å². The van der Waals surface area contributed by atoms with Crippen LogP contribution in [0.5, 0.6) is 0 Å². The second kappa shape index (κ2) is 5.35. The lowest BCUT2D eigenvalue weighted by molar-refractivity contribution is 0.0697. The average Bonchev–Trinajstić information content (AvgIpc) is 2.76. The van der Waals surface area contributed by atoms with Crippen molar-refractivity contribution in [2.45, 2.75) is 27.7 Å². The van der Waals surface area contributed by atoms with Crippen molar-refractivity contribution in [3.8, 4) is 0 Å². The maximum Gasteiger partial charge on any atom is 0.339 e. The fourth-order valence-electron chi connectivity index (χ4n) is 2.01. The molecule has 2 aromatic heterocycles. The highest BCUT2D eigenvalue weighted by molar-refractivity contribution is 6.03. The van der Waals surface area contributed by atoms with Crippen molar-refractivity contribution in [2.24, 2.45) is 18.4 Å². The van der Waals surface area contributed by atoms with Gasteiger partial charge in [-0.25, -0.2) is 9.78 Å². The van der Waals surface area contributed by atoms with Gasteiger partial charge in [-0.15, -0.1) is 0 Å². The van der Waals surface area contributed by atoms with Crippen LogP contribution < -0.4 is 5.32 Å². The highest BCUT2D eigenvalue weighted by Crippen LogP contribution is 2.29. The number of carboxylic acid groups (broad SMARTS) is 1. The summed E-state index contributed by atoms with van der Waals surface area (Å²) in [5.41, 5.74) is 1.59. The van der Waals surface area contributed by atoms with Crippen LogP contribution in [-0.4, -0.2) is 32.4 Å². The predicted octanol–water partition coefficient (Wildman–Crippen LogP) is 2.76. The van der Waals surface area contributed by atoms with E-state index in [0.717, 1.165) is 5.39 Å². The van der Waals surface area contributed by atoms with Gasteiger partial charge in [0.1, 0.15) is 5.56 Å². The van der Waals surface area contributed by atoms with Crippen LogP contribution in [0.1, 0.15) is 38.1 Å². The first kappa shape index (κ1) is 15.3. The Morgan fingerprint density at radius 3 is 2.67 bits per heavy atom. The summed E-state index contributed by atoms with van der Waals surface area (Å²) >= 11 is 0. The molecule has 21 heavy (non-hydrogen) atoms. The van der Waals surface area contributed by atoms with E-state index in [1.807, 2.05) is 0 Å². The van der Waals surface area contributed by atoms with Crippen LogP contribution in [0.25, 0.3) is 11.0 Å². The lowest BCUT2D eigenvalue weighted by Gasteiger charge is -2.28. The largest absolute Gasteiger partial charge is 0.478 e. The van der Waals surface area contributed by atoms with Crippen molar-refractivity contribution in [2.75, 3.05) is 11.9 Å². The molecule has 0 aliphatic carbocycles. The molecule has 114 valence electrons. The van der Waals surface area contributed by atoms with E-state index in [1.165, 1.54) is 6.20 Å². The molecule has 0 radical (unpaired) electrons. The maximum absolute atomic E-state index is 11.4. The van der Waals surface area contributed by atoms with Gasteiger partial charge in [-0.2, -0.15) is 5.10 Å². The van der Waals surface area contributed by atoms with Gasteiger partial charge in [0.15, 0.2) is 5.65 Å². The summed E-state index contributed by atoms with van der Waals surface area (Å²) in [5.74, 6) is -0.599. The van der Waals surface area contributed by atoms with E-state index in [9.17, 15) is 9.90 Å². The highest BCUT2D eigenvalue weighted by Gasteiger charge is 2.22. The number of hydrogen-bond acceptors (Lipinski definition) is 4. The topological polar surface area (TPSA) is 80.0 Å². The Balaban J connectivity index is 2.40. The van der Waals surface area contributed by atoms with E-state index in [-0.39, 0.29) is 11.0 Å². The maximum atomic E-state index is 11.4. The molecular formula is C15H22N4O2. The molecule has 2 rings (SSSR count). The van der Waals surface area contributed by atoms with Gasteiger partial charge in [-0.05, 0) is 11.3 Å². The number of rotatable bonds is 4. The summed E-state index contributed by atoms with van der Waals surface area (Å²) in [6.45, 7) is 9.35. The number of aromatic nitrogens is 3. The third kappa shape index (κ3) is 2.99. The Bertz CT molecular complexity index is 670. The number of pyridine rings is 1. The first-order valence-corrected chi connectivity index (χ1v) is 6.99. The van der Waals surface area contributed by atoms with E-state index in [2.05, 4.69) is 43.1 Å². The third-order valence-corrected chi connectivity index (χ3v) is 4.06. The van der Waals surface area contributed by atoms with Crippen LogP contribution >= 0.6 is 0 Å². The van der Waals surface area contributed by atoms with E-state index in [4.69, 9.17) is 0 Å². The SMILES string of the molecule is CC(CNc1c(C(=O)O)cnc2c1cnn2C)C(C)(C)C. The minimum Gasteiger partial charge on any atom is -0.478 e. The number of aromatic carboxylic acids is 1. The minimum atomic E-state index is -0.987. The fourth-order valence-corrected chi connectivity index (χ4v) is 2.01. The molecule has 6 nitrogen and oxygen atoms in total. The van der Waals surface area contributed by atoms with Crippen molar-refractivity contribution < 1.29 is 9.90 Å². The Morgan fingerprint density at radius 2 is 2.10 bits per heavy atom. The summed E-state index contributed by atoms with van der Waals surface area (Å²) in [6, 6.07) is 0. The number of nitrogens with one attached hydrogen (secondary N) is 1. The lowest BCUT2D eigenvalue weighted by Crippen LogP contribution is -2.25. The zero-order valence-corrected chi connectivity index (χ0v) is 13.1. The summed E-state index contributed by atoms with van der Waals surface area (Å²) in [7, 11) is 1.79. The number of anilines is 1. The molecule has 2 heterocycles. The number of hydrogen-bond donors (Lipinski definition) is 2. The van der Waals surface area contributed by atoms with E-state index in [1.54, 1.807) is 17.9 Å². The predicted molar refractivity (Wildman–Crippen MR) is 82.6 cm³/mol. The van der Waals surface area contributed by atoms with Gasteiger partial charge in [-0.1, -0.05) is 27.7 Å². The number of carbonyl (C=O) groups is 1. The quantitative estimate of drug-likeness (QED) is 0.905. The Hall–Kier alpha value is -2.11. The number of fused-ring (bicyclic) bond motifs is 1. The van der Waals surface area contributed by atoms with Crippen molar-refractivity contribution in [1.29, 1.82) is 0 Å². The van der Waals surface area contributed by atoms with Crippen LogP contribution in [-0.2, 0) is 7.05 Å². The van der Waals surface area contributed by atoms with Gasteiger partial charge in [-0.3, -0.25) is 4.68 Å². The Labute approximate surface area is 124 Å². The molecule has 1 atom stereocenters. The first-order chi connectivity index (χ1) is 9.71. The summed E-state index contributed by atoms with van der Waals surface area (Å²) < 4.78 is 1.64. The molecule has 0 fully saturated rings. The Morgan fingerprint density at radius 1 is 1.43 bits per heavy atom. The molecule has 0 spiro atoms. The van der Waals surface area contributed by atoms with Gasteiger partial charge in [0.2, 0.25) is 0 Å². The number of nitrogens with zero attached hydrogens (tertiary/aromatic N) is 3. The van der Waals surface area contributed by atoms with Gasteiger partial charge >= 0.3 is 5.97 Å². The first-order valence-electron chi connectivity index (χ1n) is 6.99. The fraction of sp³-hybridized carbons (Fsp3) is 0.533. The van der Waals surface area contributed by atoms with Crippen LogP contribution in [0.2, 0.25) is 0 Å². The smallest absolute Gasteiger partial charge is 0.339 e. The van der Waals surface area contributed by atoms with Crippen LogP contribution in [0.4, 0.5) is 5.69 Å². The van der Waals surface area contributed by atoms with E-state index >= 15 is 0 Å². The zero-order chi connectivity index (χ0) is 15.8. The number of carboxylic acids is 1. The highest BCUT2D eigenvalue weighted by atomic mass is 16.4. The van der Waals surface area contributed by atoms with Gasteiger partial charge in [0.05, 0.1) is 17.3 Å². The molecule has 0 aliphatic heterocycles. The molecule has 6 heteroatoms. The zero-order valence-electron chi connectivity index (χ0n) is 13.1. The van der Waals surface area contributed by atoms with Crippen LogP contribution in [0.15, 0.2) is 12.4 Å². The molecule has 0 bridgehead atoms. The molecular weight excluding hydrogens is 268 g/mol. The van der Waals surface area contributed by atoms with Crippen molar-refractivity contribution >= 4 is 22.7 Å². The van der Waals surface area contributed by atoms with Crippen molar-refractivity contribution in [3.05, 3.63) is 18.0 Å². The molecule has 2 N–H and O–H groups in total. The van der Waals surface area contributed by atoms with Crippen LogP contribution in [0, 0.1) is 11.3 Å². The number of aryl methyl sites for hydroxylation is 1. The standard InChI is InChI=1S/C15H22N4O2/c1-9(15(2,3)4)6-16-12-10-8-18-19(5)13(10)17-7-11(12)14(20)21/h7-9H,6H2,1-5H3,(H,16,17)(H,20,21). The van der Waals surface area contributed by atoms with Crippen LogP contribution in [0.3, 0.4) is 0 Å². The molecule has 1 unspecified atom stereocenters. The summed E-state index contributed by atoms with van der Waals surface area (Å²) in [4.78, 5) is 15.6. The summed E-state index contributed by atoms with van der Waals surface area (Å²) in [6.07, 6.45) is 3.04. The second-order valence-corrected chi connectivity index (χ2v) is 6.51. The Kier molecular flexibility index (Phi) is 3.89. The molecule has 0 aromatic carbocycles. The van der Waals surface area contributed by atoms with Crippen molar-refractivity contribution in [1.82, 2.24) is 14.8 Å². The van der Waals surface area contributed by atoms with E-state index in [0.29, 0.717) is 23.8 Å². The lowest BCUT2D eigenvalue weighted by atomic mass is 9.82. The minimum absolute atomic E-state index is 0.150. The third-order valence-electron chi connectivity index (χ3n) is 4.06. The van der Waals surface area contributed by atoms with Gasteiger partial charge < -0.3 is 10.4 Å². The molecule has 0 saturated heterocycles. The second-order valence-electron chi connectivity index (χ2n) is 6.51. The molecule has 0 aliphatic rings. The monoisotopic (exact) mass is 290 g/mol. The normalized spacial score (nSPS) is 13.4. The average molecular weight is 290 g/mol. The molecule has 2 aromatic rings. The molecule has 0 amide bonds. The van der Waals surface area contributed by atoms with Crippen molar-refractivity contribution in [3.63, 3.8) is 0 Å².